The van der Waals surface area contributed by atoms with E-state index in [0.717, 1.165) is 0 Å². The summed E-state index contributed by atoms with van der Waals surface area (Å²) in [6.45, 7) is 3.56. The Morgan fingerprint density at radius 2 is 2.18 bits per heavy atom. The van der Waals surface area contributed by atoms with Crippen LogP contribution in [0.1, 0.15) is 20.3 Å². The van der Waals surface area contributed by atoms with Gasteiger partial charge in [0.25, 0.3) is 0 Å². The van der Waals surface area contributed by atoms with Gasteiger partial charge in [0, 0.05) is 0 Å². The predicted molar refractivity (Wildman–Crippen MR) is 40.9 cm³/mol. The minimum Gasteiger partial charge on any atom is -0.377 e. The van der Waals surface area contributed by atoms with Gasteiger partial charge in [0.1, 0.15) is 0 Å². The van der Waals surface area contributed by atoms with Gasteiger partial charge in [-0.15, -0.1) is 0 Å². The lowest BCUT2D eigenvalue weighted by Crippen LogP contribution is -2.05. The fourth-order valence-corrected chi connectivity index (χ4v) is 0.454. The van der Waals surface area contributed by atoms with E-state index in [0.29, 0.717) is 12.1 Å². The highest BCUT2D eigenvalue weighted by Gasteiger charge is 2.02. The fourth-order valence-electron chi connectivity index (χ4n) is 0.268. The van der Waals surface area contributed by atoms with E-state index < -0.39 is 16.1 Å². The van der Waals surface area contributed by atoms with Gasteiger partial charge in [-0.05, 0) is 13.3 Å². The van der Waals surface area contributed by atoms with Crippen molar-refractivity contribution in [1.82, 2.24) is 0 Å². The van der Waals surface area contributed by atoms with Crippen LogP contribution in [0.2, 0.25) is 0 Å². The van der Waals surface area contributed by atoms with Gasteiger partial charge in [-0.1, -0.05) is 12.1 Å². The van der Waals surface area contributed by atoms with E-state index in [1.807, 2.05) is 6.92 Å². The molecular formula is C5H11NO4S. The van der Waals surface area contributed by atoms with Gasteiger partial charge >= 0.3 is 10.1 Å². The molecular weight excluding hydrogens is 170 g/mol. The molecule has 0 saturated heterocycles. The molecule has 0 saturated carbocycles. The lowest BCUT2D eigenvalue weighted by Gasteiger charge is -1.96. The molecule has 0 unspecified atom stereocenters. The number of oxime groups is 1. The molecule has 0 aromatic rings. The van der Waals surface area contributed by atoms with E-state index in [1.54, 1.807) is 6.92 Å². The molecule has 6 heteroatoms. The van der Waals surface area contributed by atoms with E-state index in [1.165, 1.54) is 0 Å². The van der Waals surface area contributed by atoms with Crippen molar-refractivity contribution < 1.29 is 17.8 Å². The number of hydrogen-bond acceptors (Lipinski definition) is 4. The minimum atomic E-state index is -4.06. The quantitative estimate of drug-likeness (QED) is 0.392. The summed E-state index contributed by atoms with van der Waals surface area (Å²) in [5, 5.41) is 3.41. The average molecular weight is 181 g/mol. The Kier molecular flexibility index (Phi) is 4.06. The maximum Gasteiger partial charge on any atom is 0.303 e. The molecule has 0 aliphatic heterocycles. The van der Waals surface area contributed by atoms with E-state index in [2.05, 4.69) is 9.99 Å². The molecule has 1 N–H and O–H groups in total. The van der Waals surface area contributed by atoms with Crippen LogP contribution >= 0.6 is 0 Å². The number of nitrogens with zero attached hydrogens (tertiary/aromatic N) is 1. The van der Waals surface area contributed by atoms with Crippen LogP contribution in [0.15, 0.2) is 5.16 Å². The van der Waals surface area contributed by atoms with Crippen LogP contribution in [0.25, 0.3) is 0 Å². The van der Waals surface area contributed by atoms with Crippen molar-refractivity contribution in [1.29, 1.82) is 0 Å². The molecule has 0 fully saturated rings. The van der Waals surface area contributed by atoms with Gasteiger partial charge in [-0.25, -0.2) is 0 Å². The second-order valence-electron chi connectivity index (χ2n) is 2.01. The average Bonchev–Trinajstić information content (AvgIpc) is 1.85. The molecule has 0 amide bonds. The Labute approximate surface area is 65.8 Å². The van der Waals surface area contributed by atoms with Crippen LogP contribution in [-0.4, -0.2) is 24.6 Å². The second kappa shape index (κ2) is 4.30. The van der Waals surface area contributed by atoms with Crippen LogP contribution in [0.5, 0.6) is 0 Å². The molecule has 0 aliphatic rings. The normalized spacial score (nSPS) is 13.2. The van der Waals surface area contributed by atoms with E-state index >= 15 is 0 Å². The maximum absolute atomic E-state index is 10.1. The Morgan fingerprint density at radius 3 is 2.55 bits per heavy atom. The highest BCUT2D eigenvalue weighted by Crippen LogP contribution is 1.89. The Balaban J connectivity index is 3.75. The molecule has 0 heterocycles. The van der Waals surface area contributed by atoms with Crippen molar-refractivity contribution in [2.24, 2.45) is 5.16 Å². The van der Waals surface area contributed by atoms with E-state index in [4.69, 9.17) is 4.55 Å². The summed E-state index contributed by atoms with van der Waals surface area (Å²) in [4.78, 5) is 4.30. The third kappa shape index (κ3) is 7.27. The Hall–Kier alpha value is -0.620. The second-order valence-corrected chi connectivity index (χ2v) is 3.41. The first-order chi connectivity index (χ1) is 4.95. The van der Waals surface area contributed by atoms with Crippen molar-refractivity contribution in [3.05, 3.63) is 0 Å². The zero-order chi connectivity index (χ0) is 8.91. The number of hydrogen-bond donors (Lipinski definition) is 1. The Morgan fingerprint density at radius 1 is 1.64 bits per heavy atom. The fraction of sp³-hybridized carbons (Fsp3) is 0.800. The van der Waals surface area contributed by atoms with Gasteiger partial charge in [-0.2, -0.15) is 8.42 Å². The first-order valence-electron chi connectivity index (χ1n) is 3.06. The first kappa shape index (κ1) is 10.4. The van der Waals surface area contributed by atoms with Crippen molar-refractivity contribution in [2.75, 3.05) is 5.94 Å². The summed E-state index contributed by atoms with van der Waals surface area (Å²) in [6.07, 6.45) is 0.686. The molecule has 5 nitrogen and oxygen atoms in total. The van der Waals surface area contributed by atoms with Gasteiger partial charge < -0.3 is 4.84 Å². The Bertz CT molecular complexity index is 231. The first-order valence-corrected chi connectivity index (χ1v) is 4.67. The predicted octanol–water partition coefficient (Wildman–Crippen LogP) is 0.634. The summed E-state index contributed by atoms with van der Waals surface area (Å²) >= 11 is 0. The van der Waals surface area contributed by atoms with Gasteiger partial charge in [0.2, 0.25) is 5.94 Å². The zero-order valence-corrected chi connectivity index (χ0v) is 7.26. The van der Waals surface area contributed by atoms with Crippen LogP contribution in [0.4, 0.5) is 0 Å². The van der Waals surface area contributed by atoms with Crippen LogP contribution in [-0.2, 0) is 15.0 Å². The van der Waals surface area contributed by atoms with Crippen LogP contribution in [0.3, 0.4) is 0 Å². The highest BCUT2D eigenvalue weighted by molar-refractivity contribution is 7.85. The molecule has 0 bridgehead atoms. The van der Waals surface area contributed by atoms with Crippen molar-refractivity contribution in [3.8, 4) is 0 Å². The zero-order valence-electron chi connectivity index (χ0n) is 6.44. The highest BCUT2D eigenvalue weighted by atomic mass is 32.2. The largest absolute Gasteiger partial charge is 0.377 e. The van der Waals surface area contributed by atoms with Crippen LogP contribution < -0.4 is 0 Å². The minimum absolute atomic E-state index is 0.675. The summed E-state index contributed by atoms with van der Waals surface area (Å²) in [6, 6.07) is 0. The lowest BCUT2D eigenvalue weighted by molar-refractivity contribution is 0.182. The molecule has 0 atom stereocenters. The third-order valence-electron chi connectivity index (χ3n) is 0.934. The SMILES string of the molecule is CCC(C)=NOCS(=O)(=O)O. The van der Waals surface area contributed by atoms with Crippen LogP contribution in [0, 0.1) is 0 Å². The molecule has 66 valence electrons. The summed E-state index contributed by atoms with van der Waals surface area (Å²) < 4.78 is 28.3. The number of rotatable bonds is 4. The third-order valence-corrected chi connectivity index (χ3v) is 1.34. The van der Waals surface area contributed by atoms with Gasteiger partial charge in [-0.3, -0.25) is 4.55 Å². The van der Waals surface area contributed by atoms with Crippen molar-refractivity contribution >= 4 is 15.8 Å². The monoisotopic (exact) mass is 181 g/mol. The summed E-state index contributed by atoms with van der Waals surface area (Å²) in [7, 11) is -4.06. The van der Waals surface area contributed by atoms with Crippen molar-refractivity contribution in [2.45, 2.75) is 20.3 Å². The van der Waals surface area contributed by atoms with Crippen molar-refractivity contribution in [3.63, 3.8) is 0 Å². The maximum atomic E-state index is 10.1. The molecule has 0 aromatic heterocycles. The topological polar surface area (TPSA) is 76.0 Å². The van der Waals surface area contributed by atoms with Gasteiger partial charge in [0.05, 0.1) is 5.71 Å². The van der Waals surface area contributed by atoms with Gasteiger partial charge in [0.15, 0.2) is 0 Å². The standard InChI is InChI=1S/C5H11NO4S/c1-3-5(2)6-10-4-11(7,8)9/h3-4H2,1-2H3,(H,7,8,9). The molecule has 0 aromatic carbocycles. The smallest absolute Gasteiger partial charge is 0.303 e. The molecule has 0 radical (unpaired) electrons. The van der Waals surface area contributed by atoms with E-state index in [9.17, 15) is 8.42 Å². The lowest BCUT2D eigenvalue weighted by atomic mass is 10.3. The summed E-state index contributed by atoms with van der Waals surface area (Å²) in [5.74, 6) is -0.787. The molecule has 0 rings (SSSR count). The molecule has 11 heavy (non-hydrogen) atoms. The molecule has 0 spiro atoms. The summed E-state index contributed by atoms with van der Waals surface area (Å²) in [5.41, 5.74) is 0.675. The van der Waals surface area contributed by atoms with E-state index in [-0.39, 0.29) is 0 Å². The molecule has 0 aliphatic carbocycles.